The van der Waals surface area contributed by atoms with E-state index < -0.39 is 0 Å². The van der Waals surface area contributed by atoms with Crippen molar-refractivity contribution in [3.05, 3.63) is 0 Å². The zero-order valence-electron chi connectivity index (χ0n) is 8.73. The number of hydrogen-bond acceptors (Lipinski definition) is 1. The molecular weight excluding hydrogens is 134 g/mol. The molecule has 2 atom stereocenters. The molecule has 0 spiro atoms. The fraction of sp³-hybridized carbons (Fsp3) is 1.00. The van der Waals surface area contributed by atoms with Crippen LogP contribution < -0.4 is 0 Å². The van der Waals surface area contributed by atoms with E-state index in [9.17, 15) is 0 Å². The van der Waals surface area contributed by atoms with Crippen molar-refractivity contribution in [3.8, 4) is 0 Å². The number of hydrogen-bond donors (Lipinski definition) is 0. The standard InChI is InChI=1S/C10H21N/c1-8-10(5,6)11(8)7-9(2,3)4/h8H,7H2,1-6H3. The minimum absolute atomic E-state index is 0.446. The van der Waals surface area contributed by atoms with Crippen LogP contribution >= 0.6 is 0 Å². The summed E-state index contributed by atoms with van der Waals surface area (Å²) in [6, 6.07) is 0.779. The van der Waals surface area contributed by atoms with Crippen LogP contribution in [-0.4, -0.2) is 23.0 Å². The number of nitrogens with zero attached hydrogens (tertiary/aromatic N) is 1. The van der Waals surface area contributed by atoms with E-state index in [4.69, 9.17) is 0 Å². The van der Waals surface area contributed by atoms with Gasteiger partial charge in [0.05, 0.1) is 0 Å². The third-order valence-corrected chi connectivity index (χ3v) is 2.81. The molecule has 0 N–H and O–H groups in total. The molecule has 0 aromatic heterocycles. The highest BCUT2D eigenvalue weighted by atomic mass is 15.4. The molecule has 0 amide bonds. The molecule has 1 heterocycles. The predicted octanol–water partition coefficient (Wildman–Crippen LogP) is 2.52. The molecule has 2 unspecified atom stereocenters. The Hall–Kier alpha value is -0.0400. The van der Waals surface area contributed by atoms with Crippen LogP contribution in [0.3, 0.4) is 0 Å². The monoisotopic (exact) mass is 155 g/mol. The van der Waals surface area contributed by atoms with Gasteiger partial charge in [0.1, 0.15) is 0 Å². The molecule has 11 heavy (non-hydrogen) atoms. The summed E-state index contributed by atoms with van der Waals surface area (Å²) >= 11 is 0. The summed E-state index contributed by atoms with van der Waals surface area (Å²) < 4.78 is 0. The minimum atomic E-state index is 0.446. The van der Waals surface area contributed by atoms with Gasteiger partial charge in [0, 0.05) is 18.1 Å². The molecule has 1 aliphatic heterocycles. The van der Waals surface area contributed by atoms with Gasteiger partial charge in [-0.15, -0.1) is 0 Å². The maximum absolute atomic E-state index is 2.56. The first-order valence-corrected chi connectivity index (χ1v) is 4.52. The van der Waals surface area contributed by atoms with Gasteiger partial charge in [0.15, 0.2) is 0 Å². The summed E-state index contributed by atoms with van der Waals surface area (Å²) in [5.74, 6) is 0. The van der Waals surface area contributed by atoms with Crippen molar-refractivity contribution in [1.29, 1.82) is 0 Å². The molecule has 1 rings (SSSR count). The van der Waals surface area contributed by atoms with Gasteiger partial charge in [-0.1, -0.05) is 20.8 Å². The van der Waals surface area contributed by atoms with Gasteiger partial charge in [0.25, 0.3) is 0 Å². The Morgan fingerprint density at radius 3 is 1.73 bits per heavy atom. The van der Waals surface area contributed by atoms with E-state index in [1.807, 2.05) is 0 Å². The van der Waals surface area contributed by atoms with Crippen molar-refractivity contribution in [2.75, 3.05) is 6.54 Å². The van der Waals surface area contributed by atoms with Crippen molar-refractivity contribution >= 4 is 0 Å². The summed E-state index contributed by atoms with van der Waals surface area (Å²) in [7, 11) is 0. The van der Waals surface area contributed by atoms with Gasteiger partial charge in [-0.05, 0) is 26.2 Å². The van der Waals surface area contributed by atoms with E-state index in [2.05, 4.69) is 46.4 Å². The third kappa shape index (κ3) is 1.76. The van der Waals surface area contributed by atoms with Gasteiger partial charge < -0.3 is 0 Å². The lowest BCUT2D eigenvalue weighted by Gasteiger charge is -2.20. The molecule has 0 aromatic carbocycles. The van der Waals surface area contributed by atoms with E-state index in [1.165, 1.54) is 6.54 Å². The van der Waals surface area contributed by atoms with Crippen LogP contribution in [0.2, 0.25) is 0 Å². The molecule has 1 aliphatic rings. The maximum atomic E-state index is 2.56. The Labute approximate surface area is 70.8 Å². The van der Waals surface area contributed by atoms with Crippen LogP contribution in [0.5, 0.6) is 0 Å². The summed E-state index contributed by atoms with van der Waals surface area (Å²) in [5, 5.41) is 0. The highest BCUT2D eigenvalue weighted by Gasteiger charge is 2.52. The SMILES string of the molecule is CC1N(CC(C)(C)C)C1(C)C. The van der Waals surface area contributed by atoms with Crippen LogP contribution in [0.4, 0.5) is 0 Å². The molecule has 0 saturated carbocycles. The molecule has 1 nitrogen and oxygen atoms in total. The Morgan fingerprint density at radius 1 is 1.27 bits per heavy atom. The predicted molar refractivity (Wildman–Crippen MR) is 49.7 cm³/mol. The Bertz CT molecular complexity index is 153. The van der Waals surface area contributed by atoms with Gasteiger partial charge in [0.2, 0.25) is 0 Å². The van der Waals surface area contributed by atoms with E-state index >= 15 is 0 Å². The normalized spacial score (nSPS) is 35.5. The average Bonchev–Trinajstić information content (AvgIpc) is 2.14. The van der Waals surface area contributed by atoms with E-state index in [0.717, 1.165) is 6.04 Å². The van der Waals surface area contributed by atoms with Crippen molar-refractivity contribution in [1.82, 2.24) is 4.90 Å². The number of rotatable bonds is 1. The second kappa shape index (κ2) is 2.22. The lowest BCUT2D eigenvalue weighted by atomic mass is 9.97. The molecule has 1 saturated heterocycles. The van der Waals surface area contributed by atoms with Crippen LogP contribution in [-0.2, 0) is 0 Å². The van der Waals surface area contributed by atoms with Gasteiger partial charge >= 0.3 is 0 Å². The van der Waals surface area contributed by atoms with E-state index in [-0.39, 0.29) is 0 Å². The second-order valence-corrected chi connectivity index (χ2v) is 5.52. The van der Waals surface area contributed by atoms with E-state index in [0.29, 0.717) is 11.0 Å². The molecule has 1 fully saturated rings. The molecule has 0 bridgehead atoms. The van der Waals surface area contributed by atoms with Gasteiger partial charge in [-0.3, -0.25) is 4.90 Å². The first-order valence-electron chi connectivity index (χ1n) is 4.52. The maximum Gasteiger partial charge on any atom is 0.0309 e. The fourth-order valence-electron chi connectivity index (χ4n) is 1.63. The lowest BCUT2D eigenvalue weighted by molar-refractivity contribution is 0.283. The van der Waals surface area contributed by atoms with E-state index in [1.54, 1.807) is 0 Å². The summed E-state index contributed by atoms with van der Waals surface area (Å²) in [6.07, 6.45) is 0. The summed E-state index contributed by atoms with van der Waals surface area (Å²) in [4.78, 5) is 2.56. The molecule has 0 aromatic rings. The molecular formula is C10H21N. The first-order chi connectivity index (χ1) is 4.75. The third-order valence-electron chi connectivity index (χ3n) is 2.81. The quantitative estimate of drug-likeness (QED) is 0.526. The Balaban J connectivity index is 2.44. The van der Waals surface area contributed by atoms with Crippen LogP contribution in [0.15, 0.2) is 0 Å². The summed E-state index contributed by atoms with van der Waals surface area (Å²) in [6.45, 7) is 15.1. The van der Waals surface area contributed by atoms with Crippen molar-refractivity contribution in [2.24, 2.45) is 5.41 Å². The smallest absolute Gasteiger partial charge is 0.0309 e. The average molecular weight is 155 g/mol. The largest absolute Gasteiger partial charge is 0.292 e. The fourth-order valence-corrected chi connectivity index (χ4v) is 1.63. The molecule has 0 radical (unpaired) electrons. The lowest BCUT2D eigenvalue weighted by Crippen LogP contribution is -2.22. The second-order valence-electron chi connectivity index (χ2n) is 5.52. The Kier molecular flexibility index (Phi) is 1.83. The van der Waals surface area contributed by atoms with Crippen LogP contribution in [0, 0.1) is 5.41 Å². The zero-order valence-corrected chi connectivity index (χ0v) is 8.73. The Morgan fingerprint density at radius 2 is 1.64 bits per heavy atom. The molecule has 66 valence electrons. The van der Waals surface area contributed by atoms with Crippen LogP contribution in [0.1, 0.15) is 41.5 Å². The zero-order chi connectivity index (χ0) is 8.86. The van der Waals surface area contributed by atoms with Gasteiger partial charge in [-0.25, -0.2) is 0 Å². The molecule has 0 aliphatic carbocycles. The minimum Gasteiger partial charge on any atom is -0.292 e. The van der Waals surface area contributed by atoms with Crippen molar-refractivity contribution in [3.63, 3.8) is 0 Å². The first kappa shape index (κ1) is 9.05. The van der Waals surface area contributed by atoms with Crippen molar-refractivity contribution in [2.45, 2.75) is 53.1 Å². The molecule has 1 heteroatoms. The highest BCUT2D eigenvalue weighted by Crippen LogP contribution is 2.41. The van der Waals surface area contributed by atoms with Gasteiger partial charge in [-0.2, -0.15) is 0 Å². The topological polar surface area (TPSA) is 3.01 Å². The highest BCUT2D eigenvalue weighted by molar-refractivity contribution is 5.09. The summed E-state index contributed by atoms with van der Waals surface area (Å²) in [5.41, 5.74) is 0.912. The van der Waals surface area contributed by atoms with Crippen molar-refractivity contribution < 1.29 is 0 Å². The van der Waals surface area contributed by atoms with Crippen LogP contribution in [0.25, 0.3) is 0 Å².